The number of aromatic hydroxyl groups is 2. The van der Waals surface area contributed by atoms with Gasteiger partial charge in [0, 0.05) is 12.1 Å². The quantitative estimate of drug-likeness (QED) is 0.209. The van der Waals surface area contributed by atoms with Crippen molar-refractivity contribution >= 4 is 35.0 Å². The van der Waals surface area contributed by atoms with E-state index in [0.29, 0.717) is 46.2 Å². The molecule has 0 saturated carbocycles. The Hall–Kier alpha value is -5.66. The second-order valence-corrected chi connectivity index (χ2v) is 10.2. The number of carbonyl (C=O) groups is 4. The van der Waals surface area contributed by atoms with Gasteiger partial charge in [0.05, 0.1) is 33.6 Å². The lowest BCUT2D eigenvalue weighted by Crippen LogP contribution is -2.55. The Morgan fingerprint density at radius 2 is 0.822 bits per heavy atom. The summed E-state index contributed by atoms with van der Waals surface area (Å²) >= 11 is 0. The fraction of sp³-hybridized carbons (Fsp3) is 0.0968. The van der Waals surface area contributed by atoms with Gasteiger partial charge in [-0.2, -0.15) is 26.3 Å². The second-order valence-electron chi connectivity index (χ2n) is 10.2. The molecular formula is C31H16F6N2O6. The molecule has 45 heavy (non-hydrogen) atoms. The molecule has 8 nitrogen and oxygen atoms in total. The summed E-state index contributed by atoms with van der Waals surface area (Å²) in [7, 11) is 0. The second kappa shape index (κ2) is 9.67. The molecule has 4 aromatic rings. The number of rotatable bonds is 4. The highest BCUT2D eigenvalue weighted by Crippen LogP contribution is 2.57. The highest BCUT2D eigenvalue weighted by molar-refractivity contribution is 6.35. The normalized spacial score (nSPS) is 15.2. The van der Waals surface area contributed by atoms with Crippen LogP contribution in [0.1, 0.15) is 52.6 Å². The van der Waals surface area contributed by atoms with Gasteiger partial charge in [-0.25, -0.2) is 9.80 Å². The van der Waals surface area contributed by atoms with Crippen molar-refractivity contribution in [2.45, 2.75) is 17.8 Å². The number of hydrogen-bond acceptors (Lipinski definition) is 6. The summed E-state index contributed by atoms with van der Waals surface area (Å²) < 4.78 is 89.8. The van der Waals surface area contributed by atoms with Gasteiger partial charge in [-0.15, -0.1) is 0 Å². The molecule has 2 N–H and O–H groups in total. The molecule has 2 heterocycles. The Balaban J connectivity index is 1.52. The molecule has 2 aliphatic rings. The maximum absolute atomic E-state index is 15.0. The van der Waals surface area contributed by atoms with Gasteiger partial charge in [-0.1, -0.05) is 24.3 Å². The first-order chi connectivity index (χ1) is 21.1. The van der Waals surface area contributed by atoms with E-state index < -0.39 is 74.8 Å². The van der Waals surface area contributed by atoms with Crippen LogP contribution in [0.3, 0.4) is 0 Å². The summed E-state index contributed by atoms with van der Waals surface area (Å²) in [5.74, 6) is -5.24. The lowest BCUT2D eigenvalue weighted by atomic mass is 9.71. The zero-order chi connectivity index (χ0) is 32.6. The minimum Gasteiger partial charge on any atom is -0.508 e. The molecule has 6 rings (SSSR count). The molecule has 0 radical (unpaired) electrons. The average Bonchev–Trinajstić information content (AvgIpc) is 3.35. The van der Waals surface area contributed by atoms with Crippen molar-refractivity contribution < 1.29 is 55.7 Å². The van der Waals surface area contributed by atoms with Gasteiger partial charge in [-0.3, -0.25) is 19.2 Å². The molecule has 228 valence electrons. The van der Waals surface area contributed by atoms with Crippen molar-refractivity contribution in [2.75, 3.05) is 9.80 Å². The summed E-state index contributed by atoms with van der Waals surface area (Å²) in [5.41, 5.74) is -10.5. The number of hydrogen-bond donors (Lipinski definition) is 2. The predicted molar refractivity (Wildman–Crippen MR) is 144 cm³/mol. The van der Waals surface area contributed by atoms with Gasteiger partial charge in [-0.05, 0) is 59.7 Å². The standard InChI is InChI=1S/C31H16F6N2O6/c32-30(33,34)29(31(35,36)37,15-7-9-21-23(11-15)27(44)38(25(21)42)17-3-1-5-19(40)13-17)16-8-10-22-24(12-16)28(45)39(26(22)43)18-4-2-6-20(41)14-18/h1-14,40-41H. The number of halogens is 6. The molecule has 14 heteroatoms. The van der Waals surface area contributed by atoms with Gasteiger partial charge in [0.1, 0.15) is 11.5 Å². The molecule has 0 aromatic heterocycles. The largest absolute Gasteiger partial charge is 0.508 e. The van der Waals surface area contributed by atoms with Crippen molar-refractivity contribution in [3.8, 4) is 11.5 Å². The highest BCUT2D eigenvalue weighted by Gasteiger charge is 2.73. The molecule has 0 bridgehead atoms. The van der Waals surface area contributed by atoms with Crippen molar-refractivity contribution in [3.05, 3.63) is 118 Å². The molecule has 0 aliphatic carbocycles. The van der Waals surface area contributed by atoms with Crippen LogP contribution in [0.5, 0.6) is 11.5 Å². The number of fused-ring (bicyclic) bond motifs is 2. The molecule has 0 saturated heterocycles. The molecule has 0 atom stereocenters. The molecule has 0 fully saturated rings. The number of amides is 4. The van der Waals surface area contributed by atoms with Crippen LogP contribution in [0.2, 0.25) is 0 Å². The van der Waals surface area contributed by atoms with Crippen molar-refractivity contribution in [2.24, 2.45) is 0 Å². The van der Waals surface area contributed by atoms with Crippen LogP contribution in [0.15, 0.2) is 84.9 Å². The van der Waals surface area contributed by atoms with Crippen molar-refractivity contribution in [3.63, 3.8) is 0 Å². The van der Waals surface area contributed by atoms with E-state index in [1.807, 2.05) is 0 Å². The number of imide groups is 2. The Morgan fingerprint density at radius 1 is 0.467 bits per heavy atom. The summed E-state index contributed by atoms with van der Waals surface area (Å²) in [6.45, 7) is 0. The van der Waals surface area contributed by atoms with Gasteiger partial charge in [0.15, 0.2) is 0 Å². The minimum absolute atomic E-state index is 0.168. The molecule has 0 unspecified atom stereocenters. The number of benzene rings is 4. The smallest absolute Gasteiger partial charge is 0.411 e. The predicted octanol–water partition coefficient (Wildman–Crippen LogP) is 6.11. The van der Waals surface area contributed by atoms with E-state index in [-0.39, 0.29) is 22.9 Å². The lowest BCUT2D eigenvalue weighted by molar-refractivity contribution is -0.288. The lowest BCUT2D eigenvalue weighted by Gasteiger charge is -2.38. The van der Waals surface area contributed by atoms with Crippen LogP contribution in [0.4, 0.5) is 37.7 Å². The van der Waals surface area contributed by atoms with E-state index in [1.165, 1.54) is 36.4 Å². The zero-order valence-electron chi connectivity index (χ0n) is 22.3. The fourth-order valence-electron chi connectivity index (χ4n) is 5.66. The van der Waals surface area contributed by atoms with E-state index in [4.69, 9.17) is 0 Å². The van der Waals surface area contributed by atoms with E-state index in [9.17, 15) is 55.7 Å². The van der Waals surface area contributed by atoms with Crippen LogP contribution >= 0.6 is 0 Å². The zero-order valence-corrected chi connectivity index (χ0v) is 22.3. The Kier molecular flexibility index (Phi) is 6.32. The monoisotopic (exact) mass is 626 g/mol. The van der Waals surface area contributed by atoms with Crippen molar-refractivity contribution in [1.29, 1.82) is 0 Å². The first-order valence-electron chi connectivity index (χ1n) is 12.9. The number of alkyl halides is 6. The first kappa shape index (κ1) is 29.4. The molecular weight excluding hydrogens is 610 g/mol. The van der Waals surface area contributed by atoms with Crippen LogP contribution in [0.25, 0.3) is 0 Å². The molecule has 4 amide bonds. The van der Waals surface area contributed by atoms with Gasteiger partial charge in [0.25, 0.3) is 23.6 Å². The molecule has 4 aromatic carbocycles. The molecule has 0 spiro atoms. The number of carbonyl (C=O) groups excluding carboxylic acids is 4. The summed E-state index contributed by atoms with van der Waals surface area (Å²) in [6, 6.07) is 12.4. The van der Waals surface area contributed by atoms with E-state index in [1.54, 1.807) is 0 Å². The Bertz CT molecular complexity index is 1830. The van der Waals surface area contributed by atoms with Crippen molar-refractivity contribution in [1.82, 2.24) is 0 Å². The van der Waals surface area contributed by atoms with Gasteiger partial charge < -0.3 is 10.2 Å². The van der Waals surface area contributed by atoms with Crippen LogP contribution in [-0.2, 0) is 5.41 Å². The maximum atomic E-state index is 15.0. The van der Waals surface area contributed by atoms with Gasteiger partial charge in [0.2, 0.25) is 5.41 Å². The third-order valence-electron chi connectivity index (χ3n) is 7.67. The van der Waals surface area contributed by atoms with E-state index >= 15 is 0 Å². The average molecular weight is 626 g/mol. The number of anilines is 2. The Labute approximate surface area is 248 Å². The minimum atomic E-state index is -6.12. The fourth-order valence-corrected chi connectivity index (χ4v) is 5.66. The van der Waals surface area contributed by atoms with Crippen LogP contribution < -0.4 is 9.80 Å². The SMILES string of the molecule is O=C1c2ccc(C(c3ccc4c(c3)C(=O)N(c3cccc(O)c3)C4=O)(C(F)(F)F)C(F)(F)F)cc2C(=O)N1c1cccc(O)c1. The van der Waals surface area contributed by atoms with E-state index in [0.717, 1.165) is 12.1 Å². The number of phenolic OH excluding ortho intramolecular Hbond substituents is 2. The number of nitrogens with zero attached hydrogens (tertiary/aromatic N) is 2. The Morgan fingerprint density at radius 3 is 1.16 bits per heavy atom. The highest BCUT2D eigenvalue weighted by atomic mass is 19.4. The van der Waals surface area contributed by atoms with Gasteiger partial charge >= 0.3 is 12.4 Å². The maximum Gasteiger partial charge on any atom is 0.411 e. The topological polar surface area (TPSA) is 115 Å². The molecule has 2 aliphatic heterocycles. The number of phenols is 2. The van der Waals surface area contributed by atoms with E-state index in [2.05, 4.69) is 0 Å². The van der Waals surface area contributed by atoms with Crippen LogP contribution in [0, 0.1) is 0 Å². The summed E-state index contributed by atoms with van der Waals surface area (Å²) in [4.78, 5) is 53.4. The summed E-state index contributed by atoms with van der Waals surface area (Å²) in [5, 5.41) is 19.5. The first-order valence-corrected chi connectivity index (χ1v) is 12.9. The summed E-state index contributed by atoms with van der Waals surface area (Å²) in [6.07, 6.45) is -12.2. The van der Waals surface area contributed by atoms with Crippen LogP contribution in [-0.4, -0.2) is 46.2 Å². The third-order valence-corrected chi connectivity index (χ3v) is 7.67. The third kappa shape index (κ3) is 4.16.